The molecule has 9 aromatic rings. The maximum absolute atomic E-state index is 10.4. The molecule has 17 rings (SSSR count). The van der Waals surface area contributed by atoms with Crippen LogP contribution in [0.3, 0.4) is 0 Å². The zero-order valence-electron chi connectivity index (χ0n) is 68.2. The van der Waals surface area contributed by atoms with Gasteiger partial charge in [-0.05, 0) is 209 Å². The number of aromatic nitrogens is 12. The summed E-state index contributed by atoms with van der Waals surface area (Å²) in [5.41, 5.74) is 11.3. The van der Waals surface area contributed by atoms with Gasteiger partial charge in [-0.1, -0.05) is 61.2 Å². The third-order valence-corrected chi connectivity index (χ3v) is 21.6. The molecule has 8 aromatic heterocycles. The number of hydrogen-bond donors (Lipinski definition) is 11. The van der Waals surface area contributed by atoms with Gasteiger partial charge in [0.15, 0.2) is 0 Å². The average molecular weight is 1670 g/mol. The standard InChI is InChI=1S/C16H23N7S.C14H19N5.C13H17N5.C13H25N2O.C8H8O2.C6H4ClN3.C5H12O.C2H6O.CH5NS.ClH.4H2O/c1-10(24-17)21-9-23-6-11-4-13(5-12(11)7-23)22-16-14-2-3-18-15(14)19-8-20-16;1-19-6-9-4-11(5-10(9)7-19)18-14-12-2-3-15-13(12)16-8-17-14;1-2-15-12-11(1)13(17-7-16-12)18-10-3-8-5-14-6-9(8)4-10;1-9(16-13(2,3)4)15-7-10-5-12(14)6-11(10)8-15;1-7(9)10-8-5-3-2-4-6-8;7-5-4-1-2-8-6(4)10-3-9-5;1-5(2,3)6-4;2*1-3-2;;;;;/h2-3,8,11-13,21H,1,4-7,9,17H2,(H2,18,19,20,22);2-3,8-11H,4-7H2,1H3,(H2,15,16,17,18);1-2,7-10,14H,3-6H2,(H2,15,16,17,18);9-12,14H,5-8H2,1-4H3;2-6H,1H3;1-3H,(H,8,9,10);1-4H3;1-2H3;2H2,1H3;1H;4*1H2/q;;;-1;;;;;;;;;;/p-1/t11-,12+,13?;9-,10+,11?;8-,9+,10?;9?,10-,11+,12?;;;;;;;;;;. The van der Waals surface area contributed by atoms with Crippen molar-refractivity contribution in [3.63, 3.8) is 0 Å². The third kappa shape index (κ3) is 30.1. The first kappa shape index (κ1) is 99.2. The second-order valence-electron chi connectivity index (χ2n) is 31.4. The predicted molar refractivity (Wildman–Crippen MR) is 464 cm³/mol. The number of benzene rings is 1. The minimum absolute atomic E-state index is 0. The molecule has 21 N–H and O–H groups in total. The summed E-state index contributed by atoms with van der Waals surface area (Å²) < 4.78 is 20.0. The minimum Gasteiger partial charge on any atom is -0.870 e. The number of nitrogens with one attached hydrogen (secondary N) is 10. The Bertz CT molecular complexity index is 4140. The lowest BCUT2D eigenvalue weighted by Gasteiger charge is -2.32. The van der Waals surface area contributed by atoms with E-state index in [0.717, 1.165) is 160 Å². The number of fused-ring (bicyclic) bond motifs is 8. The van der Waals surface area contributed by atoms with E-state index in [1.54, 1.807) is 58.6 Å². The molecule has 0 bridgehead atoms. The van der Waals surface area contributed by atoms with Crippen LogP contribution >= 0.6 is 47.9 Å². The van der Waals surface area contributed by atoms with Crippen LogP contribution in [0.15, 0.2) is 116 Å². The number of esters is 1. The van der Waals surface area contributed by atoms with Gasteiger partial charge in [-0.2, -0.15) is 0 Å². The predicted octanol–water partition coefficient (Wildman–Crippen LogP) is 10.6. The van der Waals surface area contributed by atoms with E-state index >= 15 is 0 Å². The Morgan fingerprint density at radius 2 is 0.956 bits per heavy atom. The smallest absolute Gasteiger partial charge is 0.308 e. The molecule has 36 heteroatoms. The zero-order valence-corrected chi connectivity index (χ0v) is 71.4. The van der Waals surface area contributed by atoms with E-state index in [1.165, 1.54) is 102 Å². The number of rotatable bonds is 13. The highest BCUT2D eigenvalue weighted by atomic mass is 35.5. The average Bonchev–Trinajstić information content (AvgIpc) is 1.66. The number of para-hydroxylation sites is 1. The summed E-state index contributed by atoms with van der Waals surface area (Å²) in [6.07, 6.45) is 25.5. The van der Waals surface area contributed by atoms with Gasteiger partial charge in [-0.25, -0.2) is 39.9 Å². The Balaban J connectivity index is 0.000000283. The molecule has 636 valence electrons. The molecule has 4 aliphatic carbocycles. The number of nitrogens with two attached hydrogens (primary N) is 2. The van der Waals surface area contributed by atoms with Crippen molar-refractivity contribution >= 4 is 115 Å². The largest absolute Gasteiger partial charge is 0.870 e. The normalized spacial score (nSPS) is 23.6. The topological polar surface area (TPSA) is 490 Å². The van der Waals surface area contributed by atoms with Crippen LogP contribution < -0.4 is 41.6 Å². The van der Waals surface area contributed by atoms with E-state index in [1.807, 2.05) is 88.1 Å². The summed E-state index contributed by atoms with van der Waals surface area (Å²) in [6.45, 7) is 30.1. The molecule has 0 amide bonds. The van der Waals surface area contributed by atoms with Crippen molar-refractivity contribution in [2.24, 2.45) is 57.6 Å². The minimum atomic E-state index is -0.286. The highest BCUT2D eigenvalue weighted by Gasteiger charge is 2.43. The number of H-pyrrole nitrogens is 4. The third-order valence-electron chi connectivity index (χ3n) is 20.9. The van der Waals surface area contributed by atoms with E-state index in [4.69, 9.17) is 41.8 Å². The van der Waals surface area contributed by atoms with Crippen molar-refractivity contribution < 1.29 is 45.6 Å². The quantitative estimate of drug-likeness (QED) is 0.0221. The molecule has 4 saturated heterocycles. The second kappa shape index (κ2) is 48.5. The van der Waals surface area contributed by atoms with Crippen molar-refractivity contribution in [1.82, 2.24) is 85.1 Å². The fourth-order valence-corrected chi connectivity index (χ4v) is 16.4. The molecular weight excluding hydrogens is 1540 g/mol. The molecule has 13 atom stereocenters. The monoisotopic (exact) mass is 1660 g/mol. The summed E-state index contributed by atoms with van der Waals surface area (Å²) in [5.74, 6) is 9.67. The van der Waals surface area contributed by atoms with Crippen molar-refractivity contribution in [3.05, 3.63) is 127 Å². The molecule has 8 fully saturated rings. The maximum Gasteiger partial charge on any atom is 0.308 e. The SMILES string of the molecule is C=C(NCN1C[C@H]2CC(Nc3ncnc4[nH]ccc34)C[C@H]2C1)SN.CC(=O)Oc1ccccc1.CC(OC(C)(C)C)N1C[C@H]2CC([NH-])C[C@H]2C1.CN1C[C@H]2CC(Nc3ncnc4[nH]ccc34)C[C@H]2C1.COC.COC(C)(C)C.CSN.Cl.Clc1ncnc2[nH]ccc12.O.O.O.[OH-].c1nc(NC2C[C@H]3CNC[C@H]3C2)c2cc[nH]c2n1. The molecule has 12 heterocycles. The van der Waals surface area contributed by atoms with Gasteiger partial charge >= 0.3 is 5.97 Å². The van der Waals surface area contributed by atoms with Crippen molar-refractivity contribution in [2.45, 2.75) is 148 Å². The number of likely N-dealkylation sites (tertiary alicyclic amines) is 3. The van der Waals surface area contributed by atoms with Gasteiger partial charge in [0.2, 0.25) is 0 Å². The van der Waals surface area contributed by atoms with E-state index in [9.17, 15) is 4.79 Å². The van der Waals surface area contributed by atoms with Crippen LogP contribution in [0, 0.1) is 47.3 Å². The van der Waals surface area contributed by atoms with Gasteiger partial charge in [-0.15, -0.1) is 18.4 Å². The van der Waals surface area contributed by atoms with Crippen LogP contribution in [0.25, 0.3) is 49.9 Å². The van der Waals surface area contributed by atoms with E-state index in [-0.39, 0.29) is 63.8 Å². The van der Waals surface area contributed by atoms with Crippen molar-refractivity contribution in [2.75, 3.05) is 110 Å². The number of halogens is 2. The summed E-state index contributed by atoms with van der Waals surface area (Å²) in [4.78, 5) is 63.7. The van der Waals surface area contributed by atoms with Gasteiger partial charge in [0.1, 0.15) is 82.5 Å². The molecular formula is C78H127Cl2N23O9S2-2. The molecule has 5 unspecified atom stereocenters. The molecule has 4 saturated carbocycles. The fraction of sp³-hybridized carbons (Fsp3) is 0.577. The van der Waals surface area contributed by atoms with Gasteiger partial charge in [-0.3, -0.25) is 24.9 Å². The Morgan fingerprint density at radius 3 is 1.32 bits per heavy atom. The molecule has 32 nitrogen and oxygen atoms in total. The Labute approximate surface area is 690 Å². The lowest BCUT2D eigenvalue weighted by molar-refractivity contribution is -0.131. The summed E-state index contributed by atoms with van der Waals surface area (Å²) in [6, 6.07) is 18.8. The number of methoxy groups -OCH3 is 2. The maximum atomic E-state index is 10.4. The van der Waals surface area contributed by atoms with Gasteiger partial charge in [0.05, 0.1) is 44.4 Å². The molecule has 0 spiro atoms. The Hall–Kier alpha value is -7.17. The molecule has 1 aromatic carbocycles. The molecule has 114 heavy (non-hydrogen) atoms. The Morgan fingerprint density at radius 1 is 0.596 bits per heavy atom. The Kier molecular flexibility index (Phi) is 42.2. The first-order valence-corrected chi connectivity index (χ1v) is 40.4. The molecule has 4 aliphatic heterocycles. The summed E-state index contributed by atoms with van der Waals surface area (Å²) in [5, 5.41) is 33.3. The van der Waals surface area contributed by atoms with Crippen LogP contribution in [0.1, 0.15) is 107 Å². The van der Waals surface area contributed by atoms with E-state index in [2.05, 4.69) is 147 Å². The number of carbonyl (C=O) groups is 1. The van der Waals surface area contributed by atoms with E-state index in [0.29, 0.717) is 29.0 Å². The van der Waals surface area contributed by atoms with Crippen molar-refractivity contribution in [3.8, 4) is 5.75 Å². The van der Waals surface area contributed by atoms with Crippen LogP contribution in [0.2, 0.25) is 5.15 Å². The number of nitrogens with zero attached hydrogens (tertiary/aromatic N) is 11. The summed E-state index contributed by atoms with van der Waals surface area (Å²) >= 11 is 8.15. The lowest BCUT2D eigenvalue weighted by Crippen LogP contribution is -2.39. The number of carbonyl (C=O) groups excluding carboxylic acids is 1. The van der Waals surface area contributed by atoms with Crippen molar-refractivity contribution in [1.29, 1.82) is 0 Å². The number of hydrogen-bond acceptors (Lipinski definition) is 26. The molecule has 8 aliphatic rings. The highest BCUT2D eigenvalue weighted by molar-refractivity contribution is 8.00. The first-order valence-electron chi connectivity index (χ1n) is 37.9. The van der Waals surface area contributed by atoms with Gasteiger partial charge in [0, 0.05) is 110 Å². The fourth-order valence-electron chi connectivity index (χ4n) is 16.1. The highest BCUT2D eigenvalue weighted by Crippen LogP contribution is 2.43. The number of ether oxygens (including phenoxy) is 4. The lowest BCUT2D eigenvalue weighted by atomic mass is 10.0. The number of anilines is 3. The first-order chi connectivity index (χ1) is 52.3. The van der Waals surface area contributed by atoms with Crippen LogP contribution in [0.5, 0.6) is 5.75 Å². The van der Waals surface area contributed by atoms with Crippen LogP contribution in [0.4, 0.5) is 17.5 Å². The zero-order chi connectivity index (χ0) is 78.2. The number of aromatic amines is 4. The summed E-state index contributed by atoms with van der Waals surface area (Å²) in [7, 11) is 7.19. The van der Waals surface area contributed by atoms with Gasteiger partial charge < -0.3 is 98.0 Å². The second-order valence-corrected chi connectivity index (χ2v) is 33.0. The van der Waals surface area contributed by atoms with Crippen LogP contribution in [-0.2, 0) is 19.0 Å². The van der Waals surface area contributed by atoms with E-state index < -0.39 is 0 Å². The van der Waals surface area contributed by atoms with Crippen LogP contribution in [-0.4, -0.2) is 238 Å². The molecule has 0 radical (unpaired) electrons. The van der Waals surface area contributed by atoms with Gasteiger partial charge in [0.25, 0.3) is 0 Å².